The fourth-order valence-electron chi connectivity index (χ4n) is 0. The van der Waals surface area contributed by atoms with Gasteiger partial charge in [0.05, 0.1) is 0 Å². The Hall–Kier alpha value is 1.35. The smallest absolute Gasteiger partial charge is 0.323 e. The molecule has 0 aromatic carbocycles. The van der Waals surface area contributed by atoms with Gasteiger partial charge in [0.25, 0.3) is 0 Å². The van der Waals surface area contributed by atoms with Crippen LogP contribution >= 0.6 is 13.5 Å². The van der Waals surface area contributed by atoms with Gasteiger partial charge in [0.15, 0.2) is 0 Å². The first-order valence-electron chi connectivity index (χ1n) is 1.50. The van der Waals surface area contributed by atoms with E-state index < -0.39 is 0 Å². The molecule has 0 nitrogen and oxygen atoms in total. The summed E-state index contributed by atoms with van der Waals surface area (Å²) in [7, 11) is 0. The van der Waals surface area contributed by atoms with Gasteiger partial charge >= 0.3 is 29.6 Å². The average molecular weight is 114 g/mol. The van der Waals surface area contributed by atoms with Gasteiger partial charge in [-0.15, -0.1) is 0 Å². The molecule has 2 heteroatoms. The Labute approximate surface area is 69.4 Å². The molecule has 34 valence electrons. The fourth-order valence-corrected chi connectivity index (χ4v) is 0. The number of hydrogen-bond acceptors (Lipinski definition) is 0. The second kappa shape index (κ2) is 9.61. The summed E-state index contributed by atoms with van der Waals surface area (Å²) in [4.78, 5) is 0. The minimum absolute atomic E-state index is 0. The average Bonchev–Trinajstić information content (AvgIpc) is 0.811. The van der Waals surface area contributed by atoms with Crippen LogP contribution < -0.4 is 29.6 Å². The van der Waals surface area contributed by atoms with Crippen LogP contribution in [-0.4, -0.2) is 0 Å². The molecule has 0 N–H and O–H groups in total. The molecule has 0 aromatic heterocycles. The largest absolute Gasteiger partial charge is 1.00 e. The molecular formula is C4H11NaS. The quantitative estimate of drug-likeness (QED) is 0.272. The van der Waals surface area contributed by atoms with Crippen LogP contribution in [0.2, 0.25) is 0 Å². The summed E-state index contributed by atoms with van der Waals surface area (Å²) in [6, 6.07) is 0. The van der Waals surface area contributed by atoms with E-state index >= 15 is 0 Å². The molecule has 0 radical (unpaired) electrons. The van der Waals surface area contributed by atoms with Crippen molar-refractivity contribution in [3.05, 3.63) is 5.92 Å². The normalized spacial score (nSPS) is 6.00. The number of rotatable bonds is 0. The molecule has 0 unspecified atom stereocenters. The first-order valence-corrected chi connectivity index (χ1v) is 1.50. The van der Waals surface area contributed by atoms with Crippen molar-refractivity contribution in [2.24, 2.45) is 0 Å². The van der Waals surface area contributed by atoms with Crippen LogP contribution in [-0.2, 0) is 0 Å². The van der Waals surface area contributed by atoms with E-state index in [4.69, 9.17) is 0 Å². The van der Waals surface area contributed by atoms with Gasteiger partial charge < -0.3 is 5.92 Å². The van der Waals surface area contributed by atoms with E-state index in [1.54, 1.807) is 0 Å². The van der Waals surface area contributed by atoms with Gasteiger partial charge in [-0.1, -0.05) is 0 Å². The van der Waals surface area contributed by atoms with Crippen LogP contribution in [0, 0.1) is 5.92 Å². The van der Waals surface area contributed by atoms with Crippen molar-refractivity contribution in [2.45, 2.75) is 20.8 Å². The van der Waals surface area contributed by atoms with E-state index in [2.05, 4.69) is 20.8 Å². The molecule has 0 aliphatic rings. The fraction of sp³-hybridized carbons (Fsp3) is 0.750. The molecule has 0 amide bonds. The summed E-state index contributed by atoms with van der Waals surface area (Å²) in [5.41, 5.74) is 0. The van der Waals surface area contributed by atoms with Crippen molar-refractivity contribution in [1.82, 2.24) is 0 Å². The predicted molar refractivity (Wildman–Crippen MR) is 30.6 cm³/mol. The van der Waals surface area contributed by atoms with E-state index in [1.165, 1.54) is 5.92 Å². The third-order valence-electron chi connectivity index (χ3n) is 0. The Kier molecular flexibility index (Phi) is 25.1. The van der Waals surface area contributed by atoms with E-state index in [-0.39, 0.29) is 43.1 Å². The Bertz CT molecular complexity index is 12.3. The molecule has 0 bridgehead atoms. The summed E-state index contributed by atoms with van der Waals surface area (Å²) < 4.78 is 0. The molecule has 6 heavy (non-hydrogen) atoms. The van der Waals surface area contributed by atoms with Crippen molar-refractivity contribution in [1.29, 1.82) is 0 Å². The third-order valence-corrected chi connectivity index (χ3v) is 0. The molecule has 0 saturated heterocycles. The Morgan fingerprint density at radius 3 is 1.00 bits per heavy atom. The van der Waals surface area contributed by atoms with Gasteiger partial charge in [0.1, 0.15) is 0 Å². The zero-order valence-corrected chi connectivity index (χ0v) is 8.00. The molecular weight excluding hydrogens is 103 g/mol. The van der Waals surface area contributed by atoms with Crippen molar-refractivity contribution in [3.8, 4) is 0 Å². The summed E-state index contributed by atoms with van der Waals surface area (Å²) in [6.45, 7) is 6.25. The van der Waals surface area contributed by atoms with Gasteiger partial charge in [-0.05, 0) is 0 Å². The molecule has 0 atom stereocenters. The van der Waals surface area contributed by atoms with Crippen molar-refractivity contribution in [2.75, 3.05) is 0 Å². The standard InChI is InChI=1S/C4H9.Na.H2S/c1-4(2)3;;/h1-3H3;;1H2/q-1;+1;. The zero-order chi connectivity index (χ0) is 3.58. The second-order valence-electron chi connectivity index (χ2n) is 1.50. The summed E-state index contributed by atoms with van der Waals surface area (Å²) >= 11 is 0. The topological polar surface area (TPSA) is 0 Å². The van der Waals surface area contributed by atoms with Gasteiger partial charge in [0.2, 0.25) is 0 Å². The van der Waals surface area contributed by atoms with Crippen LogP contribution in [0.1, 0.15) is 20.8 Å². The molecule has 0 aromatic rings. The van der Waals surface area contributed by atoms with Crippen LogP contribution in [0.3, 0.4) is 0 Å². The van der Waals surface area contributed by atoms with E-state index in [1.807, 2.05) is 0 Å². The Morgan fingerprint density at radius 1 is 1.00 bits per heavy atom. The molecule has 0 aliphatic carbocycles. The summed E-state index contributed by atoms with van der Waals surface area (Å²) in [5, 5.41) is 0. The van der Waals surface area contributed by atoms with Gasteiger partial charge in [-0.25, -0.2) is 0 Å². The minimum atomic E-state index is 0. The first kappa shape index (κ1) is 15.7. The van der Waals surface area contributed by atoms with Crippen LogP contribution in [0.15, 0.2) is 0 Å². The van der Waals surface area contributed by atoms with Crippen molar-refractivity contribution >= 4 is 13.5 Å². The summed E-state index contributed by atoms with van der Waals surface area (Å²) in [6.07, 6.45) is 0. The van der Waals surface area contributed by atoms with Crippen LogP contribution in [0.5, 0.6) is 0 Å². The Morgan fingerprint density at radius 2 is 1.00 bits per heavy atom. The monoisotopic (exact) mass is 114 g/mol. The first-order chi connectivity index (χ1) is 1.73. The molecule has 0 aliphatic heterocycles. The van der Waals surface area contributed by atoms with Gasteiger partial charge in [-0.2, -0.15) is 34.3 Å². The SMILES string of the molecule is C[C-](C)C.S.[Na+]. The molecule has 0 spiro atoms. The van der Waals surface area contributed by atoms with Crippen molar-refractivity contribution < 1.29 is 29.6 Å². The van der Waals surface area contributed by atoms with E-state index in [0.29, 0.717) is 0 Å². The Balaban J connectivity index is -0.0000000450. The van der Waals surface area contributed by atoms with E-state index in [0.717, 1.165) is 0 Å². The maximum atomic E-state index is 2.08. The zero-order valence-electron chi connectivity index (χ0n) is 5.00. The van der Waals surface area contributed by atoms with Gasteiger partial charge in [0, 0.05) is 0 Å². The maximum Gasteiger partial charge on any atom is 1.00 e. The van der Waals surface area contributed by atoms with Crippen LogP contribution in [0.25, 0.3) is 0 Å². The van der Waals surface area contributed by atoms with Crippen molar-refractivity contribution in [3.63, 3.8) is 0 Å². The number of hydrogen-bond donors (Lipinski definition) is 0. The maximum absolute atomic E-state index is 2.08. The van der Waals surface area contributed by atoms with Crippen LogP contribution in [0.4, 0.5) is 0 Å². The molecule has 0 heterocycles. The minimum Gasteiger partial charge on any atom is -0.323 e. The molecule has 0 fully saturated rings. The van der Waals surface area contributed by atoms with E-state index in [9.17, 15) is 0 Å². The second-order valence-corrected chi connectivity index (χ2v) is 1.50. The molecule has 0 rings (SSSR count). The predicted octanol–water partition coefficient (Wildman–Crippen LogP) is -1.26. The summed E-state index contributed by atoms with van der Waals surface area (Å²) in [5.74, 6) is 1.42. The van der Waals surface area contributed by atoms with Gasteiger partial charge in [-0.3, -0.25) is 0 Å². The molecule has 0 saturated carbocycles. The third kappa shape index (κ3) is 55.5.